The number of carbonyl (C=O) groups excluding carboxylic acids is 1. The molecule has 1 amide bonds. The predicted molar refractivity (Wildman–Crippen MR) is 82.4 cm³/mol. The van der Waals surface area contributed by atoms with Gasteiger partial charge in [0.1, 0.15) is 22.9 Å². The molecule has 0 unspecified atom stereocenters. The maximum absolute atomic E-state index is 13.9. The minimum absolute atomic E-state index is 0.174. The van der Waals surface area contributed by atoms with Crippen molar-refractivity contribution in [3.63, 3.8) is 0 Å². The molecule has 1 atom stereocenters. The number of likely N-dealkylation sites (tertiary alicyclic amines) is 1. The first-order chi connectivity index (χ1) is 11.1. The summed E-state index contributed by atoms with van der Waals surface area (Å²) in [4.78, 5) is 14.2. The second-order valence-electron chi connectivity index (χ2n) is 5.53. The molecule has 1 saturated heterocycles. The maximum Gasteiger partial charge on any atom is 0.260 e. The number of rotatable bonds is 3. The molecule has 3 rings (SSSR count). The first kappa shape index (κ1) is 15.5. The number of nitrogens with zero attached hydrogens (tertiary/aromatic N) is 1. The summed E-state index contributed by atoms with van der Waals surface area (Å²) in [6, 6.07) is 10.7. The second kappa shape index (κ2) is 6.36. The normalized spacial score (nSPS) is 17.3. The van der Waals surface area contributed by atoms with E-state index in [4.69, 9.17) is 4.74 Å². The Morgan fingerprint density at radius 1 is 1.13 bits per heavy atom. The maximum atomic E-state index is 13.9. The van der Waals surface area contributed by atoms with E-state index in [2.05, 4.69) is 0 Å². The molecule has 1 fully saturated rings. The van der Waals surface area contributed by atoms with Gasteiger partial charge in [-0.05, 0) is 42.7 Å². The fourth-order valence-corrected chi connectivity index (χ4v) is 3.03. The van der Waals surface area contributed by atoms with Crippen molar-refractivity contribution in [2.24, 2.45) is 0 Å². The van der Waals surface area contributed by atoms with Gasteiger partial charge in [-0.25, -0.2) is 8.78 Å². The van der Waals surface area contributed by atoms with Gasteiger partial charge < -0.3 is 9.64 Å². The summed E-state index contributed by atoms with van der Waals surface area (Å²) >= 11 is 0. The van der Waals surface area contributed by atoms with E-state index in [-0.39, 0.29) is 6.04 Å². The van der Waals surface area contributed by atoms with Crippen LogP contribution >= 0.6 is 0 Å². The molecule has 0 aromatic heterocycles. The lowest BCUT2D eigenvalue weighted by atomic mass is 10.0. The fraction of sp³-hybridized carbons (Fsp3) is 0.278. The van der Waals surface area contributed by atoms with Gasteiger partial charge in [-0.3, -0.25) is 4.79 Å². The zero-order valence-corrected chi connectivity index (χ0v) is 12.8. The van der Waals surface area contributed by atoms with Crippen LogP contribution in [0.15, 0.2) is 42.5 Å². The fourth-order valence-electron chi connectivity index (χ4n) is 3.03. The third-order valence-corrected chi connectivity index (χ3v) is 4.19. The van der Waals surface area contributed by atoms with Crippen LogP contribution in [-0.4, -0.2) is 24.5 Å². The summed E-state index contributed by atoms with van der Waals surface area (Å²) in [6.45, 7) is 0.489. The highest BCUT2D eigenvalue weighted by Gasteiger charge is 2.33. The van der Waals surface area contributed by atoms with Gasteiger partial charge in [-0.15, -0.1) is 0 Å². The smallest absolute Gasteiger partial charge is 0.260 e. The molecule has 120 valence electrons. The number of carbonyl (C=O) groups is 1. The Kier molecular flexibility index (Phi) is 4.28. The van der Waals surface area contributed by atoms with Gasteiger partial charge in [0, 0.05) is 6.54 Å². The molecule has 3 nitrogen and oxygen atoms in total. The van der Waals surface area contributed by atoms with Crippen molar-refractivity contribution in [2.75, 3.05) is 13.7 Å². The quantitative estimate of drug-likeness (QED) is 0.858. The topological polar surface area (TPSA) is 29.5 Å². The molecule has 5 heteroatoms. The van der Waals surface area contributed by atoms with Crippen LogP contribution in [0.25, 0.3) is 0 Å². The lowest BCUT2D eigenvalue weighted by Crippen LogP contribution is -2.32. The van der Waals surface area contributed by atoms with Crippen molar-refractivity contribution in [3.8, 4) is 5.75 Å². The minimum atomic E-state index is -0.824. The molecule has 1 heterocycles. The SMILES string of the molecule is COc1ccc([C@@H]2CCCN2C(=O)c2c(F)cccc2F)cc1. The molecule has 2 aromatic carbocycles. The zero-order chi connectivity index (χ0) is 16.4. The lowest BCUT2D eigenvalue weighted by molar-refractivity contribution is 0.0725. The Morgan fingerprint density at radius 3 is 2.39 bits per heavy atom. The number of methoxy groups -OCH3 is 1. The van der Waals surface area contributed by atoms with Crippen LogP contribution in [0.1, 0.15) is 34.8 Å². The average Bonchev–Trinajstić information content (AvgIpc) is 3.04. The molecule has 0 radical (unpaired) electrons. The number of ether oxygens (including phenoxy) is 1. The van der Waals surface area contributed by atoms with Crippen molar-refractivity contribution >= 4 is 5.91 Å². The highest BCUT2D eigenvalue weighted by atomic mass is 19.1. The van der Waals surface area contributed by atoms with Crippen LogP contribution in [0.3, 0.4) is 0 Å². The summed E-state index contributed by atoms with van der Waals surface area (Å²) in [5.41, 5.74) is 0.460. The Balaban J connectivity index is 1.90. The van der Waals surface area contributed by atoms with Crippen LogP contribution in [0.5, 0.6) is 5.75 Å². The van der Waals surface area contributed by atoms with E-state index in [1.54, 1.807) is 12.0 Å². The van der Waals surface area contributed by atoms with E-state index < -0.39 is 23.1 Å². The number of amides is 1. The molecule has 0 spiro atoms. The van der Waals surface area contributed by atoms with E-state index in [0.717, 1.165) is 36.3 Å². The Hall–Kier alpha value is -2.43. The molecule has 2 aromatic rings. The van der Waals surface area contributed by atoms with E-state index in [9.17, 15) is 13.6 Å². The molecule has 0 bridgehead atoms. The van der Waals surface area contributed by atoms with E-state index >= 15 is 0 Å². The van der Waals surface area contributed by atoms with Gasteiger partial charge in [0.15, 0.2) is 0 Å². The van der Waals surface area contributed by atoms with Crippen LogP contribution in [0.2, 0.25) is 0 Å². The van der Waals surface area contributed by atoms with Gasteiger partial charge in [-0.1, -0.05) is 18.2 Å². The molecule has 0 N–H and O–H groups in total. The Bertz CT molecular complexity index is 695. The molecule has 1 aliphatic heterocycles. The third-order valence-electron chi connectivity index (χ3n) is 4.19. The van der Waals surface area contributed by atoms with Crippen LogP contribution in [0.4, 0.5) is 8.78 Å². The Morgan fingerprint density at radius 2 is 1.78 bits per heavy atom. The van der Waals surface area contributed by atoms with Crippen LogP contribution < -0.4 is 4.74 Å². The van der Waals surface area contributed by atoms with Crippen molar-refractivity contribution in [1.29, 1.82) is 0 Å². The van der Waals surface area contributed by atoms with Crippen molar-refractivity contribution in [2.45, 2.75) is 18.9 Å². The standard InChI is InChI=1S/C18H17F2NO2/c1-23-13-9-7-12(8-10-13)16-6-3-11-21(16)18(22)17-14(19)4-2-5-15(17)20/h2,4-5,7-10,16H,3,6,11H2,1H3/t16-/m0/s1. The monoisotopic (exact) mass is 317 g/mol. The van der Waals surface area contributed by atoms with Crippen LogP contribution in [0, 0.1) is 11.6 Å². The molecule has 0 aliphatic carbocycles. The van der Waals surface area contributed by atoms with E-state index in [1.165, 1.54) is 6.07 Å². The van der Waals surface area contributed by atoms with Gasteiger partial charge in [0.05, 0.1) is 13.2 Å². The second-order valence-corrected chi connectivity index (χ2v) is 5.53. The number of benzene rings is 2. The lowest BCUT2D eigenvalue weighted by Gasteiger charge is -2.25. The van der Waals surface area contributed by atoms with Gasteiger partial charge in [-0.2, -0.15) is 0 Å². The average molecular weight is 317 g/mol. The third kappa shape index (κ3) is 2.91. The minimum Gasteiger partial charge on any atom is -0.497 e. The first-order valence-corrected chi connectivity index (χ1v) is 7.50. The molecule has 1 aliphatic rings. The highest BCUT2D eigenvalue weighted by Crippen LogP contribution is 2.34. The van der Waals surface area contributed by atoms with Crippen LogP contribution in [-0.2, 0) is 0 Å². The largest absolute Gasteiger partial charge is 0.497 e. The molecule has 0 saturated carbocycles. The highest BCUT2D eigenvalue weighted by molar-refractivity contribution is 5.95. The van der Waals surface area contributed by atoms with Crippen molar-refractivity contribution in [3.05, 3.63) is 65.2 Å². The van der Waals surface area contributed by atoms with Crippen molar-refractivity contribution < 1.29 is 18.3 Å². The first-order valence-electron chi connectivity index (χ1n) is 7.50. The van der Waals surface area contributed by atoms with Crippen molar-refractivity contribution in [1.82, 2.24) is 4.90 Å². The number of hydrogen-bond donors (Lipinski definition) is 0. The van der Waals surface area contributed by atoms with E-state index in [0.29, 0.717) is 6.54 Å². The summed E-state index contributed by atoms with van der Waals surface area (Å²) in [7, 11) is 1.58. The van der Waals surface area contributed by atoms with Gasteiger partial charge in [0.2, 0.25) is 0 Å². The summed E-state index contributed by atoms with van der Waals surface area (Å²) in [5.74, 6) is -1.52. The summed E-state index contributed by atoms with van der Waals surface area (Å²) < 4.78 is 32.9. The predicted octanol–water partition coefficient (Wildman–Crippen LogP) is 3.95. The van der Waals surface area contributed by atoms with Gasteiger partial charge >= 0.3 is 0 Å². The molecule has 23 heavy (non-hydrogen) atoms. The van der Waals surface area contributed by atoms with E-state index in [1.807, 2.05) is 24.3 Å². The Labute approximate surface area is 133 Å². The number of hydrogen-bond acceptors (Lipinski definition) is 2. The zero-order valence-electron chi connectivity index (χ0n) is 12.8. The summed E-state index contributed by atoms with van der Waals surface area (Å²) in [5, 5.41) is 0. The number of halogens is 2. The molecular weight excluding hydrogens is 300 g/mol. The summed E-state index contributed by atoms with van der Waals surface area (Å²) in [6.07, 6.45) is 1.58. The molecular formula is C18H17F2NO2. The van der Waals surface area contributed by atoms with Gasteiger partial charge in [0.25, 0.3) is 5.91 Å².